The minimum atomic E-state index is -0.319. The Morgan fingerprint density at radius 2 is 2.21 bits per heavy atom. The van der Waals surface area contributed by atoms with Crippen molar-refractivity contribution in [1.29, 1.82) is 0 Å². The van der Waals surface area contributed by atoms with Gasteiger partial charge in [-0.15, -0.1) is 0 Å². The van der Waals surface area contributed by atoms with E-state index in [1.165, 1.54) is 0 Å². The molecule has 0 aliphatic carbocycles. The van der Waals surface area contributed by atoms with Gasteiger partial charge in [0.25, 0.3) is 5.91 Å². The highest BCUT2D eigenvalue weighted by atomic mass is 79.9. The number of carbonyl (C=O) groups excluding carboxylic acids is 1. The second-order valence-electron chi connectivity index (χ2n) is 5.58. The number of carbonyl (C=O) groups is 1. The van der Waals surface area contributed by atoms with Crippen LogP contribution in [0.15, 0.2) is 22.7 Å². The Morgan fingerprint density at radius 1 is 1.53 bits per heavy atom. The number of ether oxygens (including phenoxy) is 1. The minimum absolute atomic E-state index is 0.0117. The monoisotopic (exact) mass is 326 g/mol. The summed E-state index contributed by atoms with van der Waals surface area (Å²) in [7, 11) is 0. The smallest absolute Gasteiger partial charge is 0.255 e. The lowest BCUT2D eigenvalue weighted by Gasteiger charge is -2.41. The molecule has 1 fully saturated rings. The molecule has 4 nitrogen and oxygen atoms in total. The van der Waals surface area contributed by atoms with Crippen LogP contribution in [0.5, 0.6) is 0 Å². The topological polar surface area (TPSA) is 55.6 Å². The van der Waals surface area contributed by atoms with Crippen LogP contribution in [-0.4, -0.2) is 35.6 Å². The van der Waals surface area contributed by atoms with Crippen LogP contribution >= 0.6 is 15.9 Å². The van der Waals surface area contributed by atoms with Gasteiger partial charge in [0.2, 0.25) is 0 Å². The molecule has 1 aromatic rings. The first-order valence-corrected chi connectivity index (χ1v) is 7.10. The second kappa shape index (κ2) is 5.13. The number of nitrogens with zero attached hydrogens (tertiary/aromatic N) is 1. The molecule has 0 radical (unpaired) electrons. The van der Waals surface area contributed by atoms with Gasteiger partial charge in [-0.25, -0.2) is 0 Å². The quantitative estimate of drug-likeness (QED) is 0.807. The summed E-state index contributed by atoms with van der Waals surface area (Å²) in [5, 5.41) is 0. The molecule has 1 aliphatic rings. The Balaban J connectivity index is 2.26. The van der Waals surface area contributed by atoms with Crippen molar-refractivity contribution in [2.24, 2.45) is 0 Å². The molecule has 1 unspecified atom stereocenters. The third-order valence-electron chi connectivity index (χ3n) is 3.12. The van der Waals surface area contributed by atoms with E-state index < -0.39 is 0 Å². The van der Waals surface area contributed by atoms with Crippen LogP contribution in [0.3, 0.4) is 0 Å². The average molecular weight is 327 g/mol. The number of hydrogen-bond acceptors (Lipinski definition) is 3. The largest absolute Gasteiger partial charge is 0.398 e. The summed E-state index contributed by atoms with van der Waals surface area (Å²) >= 11 is 3.39. The van der Waals surface area contributed by atoms with Gasteiger partial charge < -0.3 is 15.4 Å². The van der Waals surface area contributed by atoms with E-state index in [-0.39, 0.29) is 17.6 Å². The van der Waals surface area contributed by atoms with Crippen LogP contribution < -0.4 is 5.73 Å². The highest BCUT2D eigenvalue weighted by Crippen LogP contribution is 2.27. The van der Waals surface area contributed by atoms with Crippen molar-refractivity contribution in [2.45, 2.75) is 32.5 Å². The van der Waals surface area contributed by atoms with Crippen molar-refractivity contribution in [3.63, 3.8) is 0 Å². The molecule has 104 valence electrons. The Morgan fingerprint density at radius 3 is 2.84 bits per heavy atom. The molecule has 2 N–H and O–H groups in total. The summed E-state index contributed by atoms with van der Waals surface area (Å²) in [6.45, 7) is 7.16. The summed E-state index contributed by atoms with van der Waals surface area (Å²) in [6.07, 6.45) is 0.0348. The molecule has 1 atom stereocenters. The van der Waals surface area contributed by atoms with Gasteiger partial charge in [0.15, 0.2) is 0 Å². The molecule has 19 heavy (non-hydrogen) atoms. The number of benzene rings is 1. The van der Waals surface area contributed by atoms with Crippen LogP contribution in [0, 0.1) is 0 Å². The number of nitrogen functional groups attached to an aromatic ring is 1. The van der Waals surface area contributed by atoms with E-state index >= 15 is 0 Å². The molecule has 0 saturated carbocycles. The highest BCUT2D eigenvalue weighted by Gasteiger charge is 2.34. The van der Waals surface area contributed by atoms with Crippen molar-refractivity contribution < 1.29 is 9.53 Å². The molecule has 5 heteroatoms. The zero-order valence-electron chi connectivity index (χ0n) is 11.4. The zero-order valence-corrected chi connectivity index (χ0v) is 13.0. The van der Waals surface area contributed by atoms with E-state index in [1.54, 1.807) is 18.2 Å². The van der Waals surface area contributed by atoms with E-state index in [0.717, 1.165) is 0 Å². The van der Waals surface area contributed by atoms with Gasteiger partial charge in [0.1, 0.15) is 0 Å². The second-order valence-corrected chi connectivity index (χ2v) is 6.38. The van der Waals surface area contributed by atoms with Crippen molar-refractivity contribution in [3.8, 4) is 0 Å². The Hall–Kier alpha value is -1.07. The summed E-state index contributed by atoms with van der Waals surface area (Å²) in [5.41, 5.74) is 6.68. The number of rotatable bonds is 1. The lowest BCUT2D eigenvalue weighted by Crippen LogP contribution is -2.53. The number of hydrogen-bond donors (Lipinski definition) is 1. The number of morpholine rings is 1. The molecule has 1 aliphatic heterocycles. The van der Waals surface area contributed by atoms with Crippen LogP contribution in [0.1, 0.15) is 31.1 Å². The van der Waals surface area contributed by atoms with E-state index in [0.29, 0.717) is 28.8 Å². The third-order valence-corrected chi connectivity index (χ3v) is 4.00. The first kappa shape index (κ1) is 14.3. The molecule has 0 aromatic heterocycles. The van der Waals surface area contributed by atoms with Gasteiger partial charge in [-0.3, -0.25) is 4.79 Å². The summed E-state index contributed by atoms with van der Waals surface area (Å²) in [6, 6.07) is 5.35. The maximum atomic E-state index is 12.6. The van der Waals surface area contributed by atoms with E-state index in [2.05, 4.69) is 15.9 Å². The molecular weight excluding hydrogens is 308 g/mol. The van der Waals surface area contributed by atoms with Gasteiger partial charge >= 0.3 is 0 Å². The van der Waals surface area contributed by atoms with Gasteiger partial charge in [0.05, 0.1) is 21.7 Å². The lowest BCUT2D eigenvalue weighted by molar-refractivity contribution is -0.118. The van der Waals surface area contributed by atoms with Gasteiger partial charge in [-0.1, -0.05) is 6.07 Å². The predicted molar refractivity (Wildman–Crippen MR) is 79.1 cm³/mol. The third kappa shape index (κ3) is 3.09. The minimum Gasteiger partial charge on any atom is -0.398 e. The number of anilines is 1. The number of amides is 1. The zero-order chi connectivity index (χ0) is 14.2. The average Bonchev–Trinajstić information content (AvgIpc) is 2.29. The van der Waals surface area contributed by atoms with E-state index in [4.69, 9.17) is 10.5 Å². The van der Waals surface area contributed by atoms with Gasteiger partial charge in [-0.05, 0) is 48.8 Å². The summed E-state index contributed by atoms with van der Waals surface area (Å²) in [4.78, 5) is 14.4. The predicted octanol–water partition coefficient (Wildman–Crippen LogP) is 2.67. The maximum Gasteiger partial charge on any atom is 0.255 e. The van der Waals surface area contributed by atoms with Crippen LogP contribution in [0.2, 0.25) is 0 Å². The fourth-order valence-corrected chi connectivity index (χ4v) is 2.93. The normalized spacial score (nSPS) is 22.3. The van der Waals surface area contributed by atoms with Crippen molar-refractivity contribution in [3.05, 3.63) is 28.2 Å². The van der Waals surface area contributed by atoms with Crippen molar-refractivity contribution in [1.82, 2.24) is 4.90 Å². The SMILES string of the molecule is CC1CN(C(=O)c2cccc(N)c2Br)CC(C)(C)O1. The lowest BCUT2D eigenvalue weighted by atomic mass is 10.0. The molecule has 0 bridgehead atoms. The van der Waals surface area contributed by atoms with E-state index in [9.17, 15) is 4.79 Å². The van der Waals surface area contributed by atoms with Crippen LogP contribution in [-0.2, 0) is 4.74 Å². The first-order chi connectivity index (χ1) is 8.80. The standard InChI is InChI=1S/C14H19BrN2O2/c1-9-7-17(8-14(2,3)19-9)13(18)10-5-4-6-11(16)12(10)15/h4-6,9H,7-8,16H2,1-3H3. The molecule has 1 amide bonds. The Bertz CT molecular complexity index is 502. The van der Waals surface area contributed by atoms with Crippen LogP contribution in [0.4, 0.5) is 5.69 Å². The van der Waals surface area contributed by atoms with Gasteiger partial charge in [-0.2, -0.15) is 0 Å². The molecule has 1 aromatic carbocycles. The molecular formula is C14H19BrN2O2. The molecule has 1 saturated heterocycles. The highest BCUT2D eigenvalue weighted by molar-refractivity contribution is 9.10. The van der Waals surface area contributed by atoms with Crippen molar-refractivity contribution >= 4 is 27.5 Å². The fourth-order valence-electron chi connectivity index (χ4n) is 2.49. The Labute approximate surface area is 122 Å². The van der Waals surface area contributed by atoms with E-state index in [1.807, 2.05) is 25.7 Å². The number of halogens is 1. The first-order valence-electron chi connectivity index (χ1n) is 6.31. The van der Waals surface area contributed by atoms with Crippen molar-refractivity contribution in [2.75, 3.05) is 18.8 Å². The number of nitrogens with two attached hydrogens (primary N) is 1. The maximum absolute atomic E-state index is 12.6. The summed E-state index contributed by atoms with van der Waals surface area (Å²) < 4.78 is 6.48. The molecule has 0 spiro atoms. The van der Waals surface area contributed by atoms with Crippen LogP contribution in [0.25, 0.3) is 0 Å². The van der Waals surface area contributed by atoms with Gasteiger partial charge in [0, 0.05) is 18.8 Å². The molecule has 2 rings (SSSR count). The molecule has 1 heterocycles. The summed E-state index contributed by atoms with van der Waals surface area (Å²) in [5.74, 6) is -0.0117. The Kier molecular flexibility index (Phi) is 3.87. The fraction of sp³-hybridized carbons (Fsp3) is 0.500.